The molecule has 7 nitrogen and oxygen atoms in total. The molecule has 132 valence electrons. The van der Waals surface area contributed by atoms with Crippen LogP contribution in [0.5, 0.6) is 0 Å². The highest BCUT2D eigenvalue weighted by Gasteiger charge is 2.47. The Morgan fingerprint density at radius 1 is 1.50 bits per heavy atom. The van der Waals surface area contributed by atoms with Crippen LogP contribution < -0.4 is 5.32 Å². The summed E-state index contributed by atoms with van der Waals surface area (Å²) < 4.78 is 7.00. The lowest BCUT2D eigenvalue weighted by atomic mass is 9.97. The molecule has 1 aliphatic carbocycles. The van der Waals surface area contributed by atoms with Gasteiger partial charge in [-0.15, -0.1) is 0 Å². The average molecular weight is 334 g/mol. The molecule has 0 aromatic carbocycles. The summed E-state index contributed by atoms with van der Waals surface area (Å²) in [5.74, 6) is 0.273. The molecule has 1 N–H and O–H groups in total. The SMILES string of the molecule is COCCN1C(=O)C[C@H](C(=O)NCC2(C)CC2)[C@H]1c1nccn1C. The van der Waals surface area contributed by atoms with Gasteiger partial charge < -0.3 is 19.5 Å². The first kappa shape index (κ1) is 17.0. The van der Waals surface area contributed by atoms with E-state index < -0.39 is 5.92 Å². The van der Waals surface area contributed by atoms with E-state index in [1.807, 2.05) is 17.8 Å². The first-order valence-corrected chi connectivity index (χ1v) is 8.48. The van der Waals surface area contributed by atoms with Gasteiger partial charge in [-0.3, -0.25) is 9.59 Å². The molecule has 0 bridgehead atoms. The predicted octanol–water partition coefficient (Wildman–Crippen LogP) is 0.872. The molecular weight excluding hydrogens is 308 g/mol. The van der Waals surface area contributed by atoms with Crippen molar-refractivity contribution in [1.29, 1.82) is 0 Å². The highest BCUT2D eigenvalue weighted by atomic mass is 16.5. The number of rotatable bonds is 7. The summed E-state index contributed by atoms with van der Waals surface area (Å²) in [6.07, 6.45) is 6.07. The van der Waals surface area contributed by atoms with Crippen molar-refractivity contribution in [2.45, 2.75) is 32.2 Å². The minimum atomic E-state index is -0.405. The van der Waals surface area contributed by atoms with Gasteiger partial charge in [-0.25, -0.2) is 4.98 Å². The monoisotopic (exact) mass is 334 g/mol. The fourth-order valence-corrected chi connectivity index (χ4v) is 3.28. The summed E-state index contributed by atoms with van der Waals surface area (Å²) in [6, 6.07) is -0.334. The van der Waals surface area contributed by atoms with Crippen LogP contribution in [0.15, 0.2) is 12.4 Å². The number of nitrogens with one attached hydrogen (secondary N) is 1. The van der Waals surface area contributed by atoms with E-state index in [0.29, 0.717) is 19.7 Å². The third-order valence-electron chi connectivity index (χ3n) is 5.22. The van der Waals surface area contributed by atoms with Crippen molar-refractivity contribution in [2.24, 2.45) is 18.4 Å². The van der Waals surface area contributed by atoms with Gasteiger partial charge in [-0.05, 0) is 18.3 Å². The van der Waals surface area contributed by atoms with E-state index in [4.69, 9.17) is 4.74 Å². The number of nitrogens with zero attached hydrogens (tertiary/aromatic N) is 3. The van der Waals surface area contributed by atoms with E-state index in [9.17, 15) is 9.59 Å². The third kappa shape index (κ3) is 3.31. The first-order valence-electron chi connectivity index (χ1n) is 8.48. The summed E-state index contributed by atoms with van der Waals surface area (Å²) in [7, 11) is 3.50. The van der Waals surface area contributed by atoms with Crippen LogP contribution in [0.4, 0.5) is 0 Å². The molecule has 0 unspecified atom stereocenters. The van der Waals surface area contributed by atoms with Crippen molar-refractivity contribution in [3.05, 3.63) is 18.2 Å². The Morgan fingerprint density at radius 2 is 2.25 bits per heavy atom. The molecule has 1 aromatic rings. The highest BCUT2D eigenvalue weighted by Crippen LogP contribution is 2.44. The van der Waals surface area contributed by atoms with Gasteiger partial charge in [0.05, 0.1) is 12.5 Å². The largest absolute Gasteiger partial charge is 0.383 e. The average Bonchev–Trinajstić information content (AvgIpc) is 2.99. The van der Waals surface area contributed by atoms with E-state index in [1.165, 1.54) is 0 Å². The smallest absolute Gasteiger partial charge is 0.226 e. The zero-order valence-electron chi connectivity index (χ0n) is 14.6. The van der Waals surface area contributed by atoms with Crippen LogP contribution in [0.3, 0.4) is 0 Å². The van der Waals surface area contributed by atoms with Crippen molar-refractivity contribution in [2.75, 3.05) is 26.8 Å². The van der Waals surface area contributed by atoms with Crippen molar-refractivity contribution < 1.29 is 14.3 Å². The maximum atomic E-state index is 12.7. The lowest BCUT2D eigenvalue weighted by Gasteiger charge is -2.27. The number of amides is 2. The van der Waals surface area contributed by atoms with Gasteiger partial charge >= 0.3 is 0 Å². The summed E-state index contributed by atoms with van der Waals surface area (Å²) in [6.45, 7) is 3.77. The molecule has 1 saturated carbocycles. The number of aryl methyl sites for hydroxylation is 1. The van der Waals surface area contributed by atoms with Gasteiger partial charge in [0, 0.05) is 46.1 Å². The van der Waals surface area contributed by atoms with E-state index in [2.05, 4.69) is 17.2 Å². The standard InChI is InChI=1S/C17H26N4O3/c1-17(4-5-17)11-19-16(23)12-10-13(22)21(8-9-24-3)14(12)15-18-6-7-20(15)2/h6-7,12,14H,4-5,8-11H2,1-3H3,(H,19,23)/t12-,14-/m0/s1. The molecule has 1 saturated heterocycles. The molecule has 7 heteroatoms. The number of carbonyl (C=O) groups is 2. The molecule has 2 heterocycles. The maximum absolute atomic E-state index is 12.7. The lowest BCUT2D eigenvalue weighted by Crippen LogP contribution is -2.39. The van der Waals surface area contributed by atoms with Gasteiger partial charge in [-0.2, -0.15) is 0 Å². The van der Waals surface area contributed by atoms with Crippen LogP contribution in [-0.4, -0.2) is 53.1 Å². The minimum absolute atomic E-state index is 0.0159. The van der Waals surface area contributed by atoms with Crippen molar-refractivity contribution in [1.82, 2.24) is 19.8 Å². The van der Waals surface area contributed by atoms with Crippen molar-refractivity contribution in [3.63, 3.8) is 0 Å². The molecule has 0 spiro atoms. The molecule has 1 aromatic heterocycles. The number of aromatic nitrogens is 2. The number of hydrogen-bond acceptors (Lipinski definition) is 4. The molecule has 24 heavy (non-hydrogen) atoms. The normalized spacial score (nSPS) is 25.1. The van der Waals surface area contributed by atoms with Gasteiger partial charge in [0.25, 0.3) is 0 Å². The zero-order chi connectivity index (χ0) is 17.3. The Kier molecular flexibility index (Phi) is 4.62. The molecule has 2 amide bonds. The highest BCUT2D eigenvalue weighted by molar-refractivity contribution is 5.90. The molecule has 2 fully saturated rings. The Labute approximate surface area is 142 Å². The summed E-state index contributed by atoms with van der Waals surface area (Å²) in [5, 5.41) is 3.05. The topological polar surface area (TPSA) is 76.5 Å². The number of ether oxygens (including phenoxy) is 1. The molecular formula is C17H26N4O3. The Morgan fingerprint density at radius 3 is 2.83 bits per heavy atom. The maximum Gasteiger partial charge on any atom is 0.226 e. The second kappa shape index (κ2) is 6.55. The van der Waals surface area contributed by atoms with Crippen LogP contribution in [0.1, 0.15) is 38.1 Å². The lowest BCUT2D eigenvalue weighted by molar-refractivity contribution is -0.129. The van der Waals surface area contributed by atoms with E-state index >= 15 is 0 Å². The Bertz CT molecular complexity index is 623. The molecule has 3 rings (SSSR count). The van der Waals surface area contributed by atoms with Crippen molar-refractivity contribution in [3.8, 4) is 0 Å². The second-order valence-corrected chi connectivity index (χ2v) is 7.26. The van der Waals surface area contributed by atoms with Gasteiger partial charge in [0.15, 0.2) is 0 Å². The molecule has 2 atom stereocenters. The number of likely N-dealkylation sites (tertiary alicyclic amines) is 1. The first-order chi connectivity index (χ1) is 11.4. The quantitative estimate of drug-likeness (QED) is 0.803. The zero-order valence-corrected chi connectivity index (χ0v) is 14.6. The summed E-state index contributed by atoms with van der Waals surface area (Å²) >= 11 is 0. The summed E-state index contributed by atoms with van der Waals surface area (Å²) in [5.41, 5.74) is 0.243. The molecule has 1 aliphatic heterocycles. The minimum Gasteiger partial charge on any atom is -0.383 e. The van der Waals surface area contributed by atoms with Crippen molar-refractivity contribution >= 4 is 11.8 Å². The van der Waals surface area contributed by atoms with Crippen LogP contribution in [-0.2, 0) is 21.4 Å². The van der Waals surface area contributed by atoms with E-state index in [1.54, 1.807) is 18.2 Å². The summed E-state index contributed by atoms with van der Waals surface area (Å²) in [4.78, 5) is 31.3. The number of imidazole rings is 1. The van der Waals surface area contributed by atoms with Crippen LogP contribution in [0, 0.1) is 11.3 Å². The predicted molar refractivity (Wildman–Crippen MR) is 88.0 cm³/mol. The Hall–Kier alpha value is -1.89. The van der Waals surface area contributed by atoms with Crippen LogP contribution >= 0.6 is 0 Å². The molecule has 2 aliphatic rings. The van der Waals surface area contributed by atoms with Gasteiger partial charge in [-0.1, -0.05) is 6.92 Å². The Balaban J connectivity index is 1.79. The number of carbonyl (C=O) groups excluding carboxylic acids is 2. The van der Waals surface area contributed by atoms with Crippen LogP contribution in [0.25, 0.3) is 0 Å². The van der Waals surface area contributed by atoms with Crippen LogP contribution in [0.2, 0.25) is 0 Å². The van der Waals surface area contributed by atoms with E-state index in [-0.39, 0.29) is 29.7 Å². The fraction of sp³-hybridized carbons (Fsp3) is 0.706. The second-order valence-electron chi connectivity index (χ2n) is 7.26. The van der Waals surface area contributed by atoms with E-state index in [0.717, 1.165) is 18.7 Å². The number of hydrogen-bond donors (Lipinski definition) is 1. The van der Waals surface area contributed by atoms with Gasteiger partial charge in [0.2, 0.25) is 11.8 Å². The fourth-order valence-electron chi connectivity index (χ4n) is 3.28. The number of methoxy groups -OCH3 is 1. The third-order valence-corrected chi connectivity index (χ3v) is 5.22. The molecule has 0 radical (unpaired) electrons. The van der Waals surface area contributed by atoms with Gasteiger partial charge in [0.1, 0.15) is 11.9 Å².